The van der Waals surface area contributed by atoms with Gasteiger partial charge in [0.2, 0.25) is 0 Å². The molecule has 0 unspecified atom stereocenters. The van der Waals surface area contributed by atoms with Crippen molar-refractivity contribution >= 4 is 11.8 Å². The summed E-state index contributed by atoms with van der Waals surface area (Å²) in [5.41, 5.74) is 3.89. The average Bonchev–Trinajstić information content (AvgIpc) is 3.02. The largest absolute Gasteiger partial charge is 0.478 e. The molecule has 0 spiro atoms. The summed E-state index contributed by atoms with van der Waals surface area (Å²) in [6.07, 6.45) is 15.2. The van der Waals surface area contributed by atoms with Gasteiger partial charge in [-0.15, -0.1) is 0 Å². The van der Waals surface area contributed by atoms with E-state index in [4.69, 9.17) is 5.11 Å². The number of Topliss-reactive ketones (excluding diaryl/α,β-unsaturated/α-hetero) is 1. The van der Waals surface area contributed by atoms with Crippen LogP contribution in [0.15, 0.2) is 34.9 Å². The lowest BCUT2D eigenvalue weighted by Gasteiger charge is -2.59. The van der Waals surface area contributed by atoms with Crippen molar-refractivity contribution in [3.8, 4) is 0 Å². The van der Waals surface area contributed by atoms with Crippen LogP contribution in [0.3, 0.4) is 0 Å². The fourth-order valence-electron chi connectivity index (χ4n) is 8.61. The van der Waals surface area contributed by atoms with E-state index in [9.17, 15) is 9.59 Å². The molecule has 6 atom stereocenters. The molecule has 0 aromatic carbocycles. The first-order valence-corrected chi connectivity index (χ1v) is 13.1. The van der Waals surface area contributed by atoms with E-state index in [0.29, 0.717) is 35.5 Å². The summed E-state index contributed by atoms with van der Waals surface area (Å²) in [5.74, 6) is 1.25. The van der Waals surface area contributed by atoms with Crippen LogP contribution < -0.4 is 0 Å². The Morgan fingerprint density at radius 3 is 2.52 bits per heavy atom. The number of carbonyl (C=O) groups excluding carboxylic acids is 1. The van der Waals surface area contributed by atoms with E-state index in [1.807, 2.05) is 6.08 Å². The van der Waals surface area contributed by atoms with Crippen LogP contribution in [-0.2, 0) is 9.59 Å². The highest BCUT2D eigenvalue weighted by molar-refractivity contribution is 5.86. The third kappa shape index (κ3) is 3.43. The van der Waals surface area contributed by atoms with Crippen LogP contribution >= 0.6 is 0 Å². The van der Waals surface area contributed by atoms with E-state index >= 15 is 0 Å². The van der Waals surface area contributed by atoms with Gasteiger partial charge in [-0.1, -0.05) is 59.8 Å². The van der Waals surface area contributed by atoms with E-state index in [1.54, 1.807) is 18.1 Å². The third-order valence-electron chi connectivity index (χ3n) is 11.1. The molecule has 0 radical (unpaired) electrons. The first kappa shape index (κ1) is 24.5. The molecule has 3 heteroatoms. The predicted molar refractivity (Wildman–Crippen MR) is 134 cm³/mol. The van der Waals surface area contributed by atoms with Crippen LogP contribution in [0.1, 0.15) is 99.8 Å². The second-order valence-electron chi connectivity index (χ2n) is 12.9. The number of ketones is 1. The summed E-state index contributed by atoms with van der Waals surface area (Å²) in [6, 6.07) is 0. The number of carbonyl (C=O) groups is 2. The van der Waals surface area contributed by atoms with Crippen molar-refractivity contribution in [3.63, 3.8) is 0 Å². The zero-order valence-corrected chi connectivity index (χ0v) is 21.9. The Kier molecular flexibility index (Phi) is 5.90. The van der Waals surface area contributed by atoms with Gasteiger partial charge in [0.05, 0.1) is 0 Å². The molecule has 2 fully saturated rings. The van der Waals surface area contributed by atoms with Gasteiger partial charge in [0, 0.05) is 17.4 Å². The van der Waals surface area contributed by atoms with Gasteiger partial charge in [0.25, 0.3) is 0 Å². The predicted octanol–water partition coefficient (Wildman–Crippen LogP) is 7.53. The van der Waals surface area contributed by atoms with Gasteiger partial charge < -0.3 is 5.11 Å². The number of fused-ring (bicyclic) bond motifs is 5. The van der Waals surface area contributed by atoms with Crippen molar-refractivity contribution in [2.75, 3.05) is 0 Å². The maximum Gasteiger partial charge on any atom is 0.330 e. The molecule has 0 amide bonds. The number of allylic oxidation sites excluding steroid dienone is 5. The molecule has 33 heavy (non-hydrogen) atoms. The maximum atomic E-state index is 12.8. The monoisotopic (exact) mass is 452 g/mol. The lowest BCUT2D eigenvalue weighted by Crippen LogP contribution is -2.53. The summed E-state index contributed by atoms with van der Waals surface area (Å²) in [7, 11) is 0. The van der Waals surface area contributed by atoms with Crippen LogP contribution in [0, 0.1) is 39.4 Å². The average molecular weight is 453 g/mol. The van der Waals surface area contributed by atoms with Gasteiger partial charge >= 0.3 is 5.97 Å². The van der Waals surface area contributed by atoms with E-state index in [-0.39, 0.29) is 21.7 Å². The van der Waals surface area contributed by atoms with Gasteiger partial charge in [-0.2, -0.15) is 0 Å². The summed E-state index contributed by atoms with van der Waals surface area (Å²) in [5, 5.41) is 9.15. The number of aliphatic carboxylic acids is 1. The van der Waals surface area contributed by atoms with Crippen molar-refractivity contribution in [2.24, 2.45) is 39.4 Å². The molecule has 0 saturated heterocycles. The van der Waals surface area contributed by atoms with Crippen LogP contribution in [0.4, 0.5) is 0 Å². The van der Waals surface area contributed by atoms with Gasteiger partial charge in [0.1, 0.15) is 5.78 Å². The SMILES string of the molecule is C/C(=C\CC[C@@H](C)[C@H]1CC[C@@]2(C)C3=CC[C@@H]4C(C)(C)C(=O)CC[C@]4(C)C3=CC[C@]12C)C(=O)O. The molecule has 4 aliphatic carbocycles. The molecular weight excluding hydrogens is 408 g/mol. The Hall–Kier alpha value is -1.64. The molecule has 0 heterocycles. The molecule has 2 saturated carbocycles. The Balaban J connectivity index is 1.62. The molecular formula is C30H44O3. The Morgan fingerprint density at radius 2 is 1.85 bits per heavy atom. The number of hydrogen-bond acceptors (Lipinski definition) is 2. The Bertz CT molecular complexity index is 950. The molecule has 4 rings (SSSR count). The first-order valence-electron chi connectivity index (χ1n) is 13.1. The van der Waals surface area contributed by atoms with Crippen LogP contribution in [0.5, 0.6) is 0 Å². The van der Waals surface area contributed by atoms with E-state index in [1.165, 1.54) is 12.8 Å². The van der Waals surface area contributed by atoms with Crippen molar-refractivity contribution in [3.05, 3.63) is 34.9 Å². The Labute approximate surface area is 200 Å². The lowest BCUT2D eigenvalue weighted by molar-refractivity contribution is -0.138. The van der Waals surface area contributed by atoms with Crippen molar-refractivity contribution in [2.45, 2.75) is 99.8 Å². The summed E-state index contributed by atoms with van der Waals surface area (Å²) < 4.78 is 0. The molecule has 0 aliphatic heterocycles. The van der Waals surface area contributed by atoms with Gasteiger partial charge in [-0.05, 0) is 97.0 Å². The highest BCUT2D eigenvalue weighted by atomic mass is 16.4. The quantitative estimate of drug-likeness (QED) is 0.439. The smallest absolute Gasteiger partial charge is 0.330 e. The second-order valence-corrected chi connectivity index (χ2v) is 12.9. The number of rotatable bonds is 5. The molecule has 182 valence electrons. The molecule has 3 nitrogen and oxygen atoms in total. The summed E-state index contributed by atoms with van der Waals surface area (Å²) >= 11 is 0. The van der Waals surface area contributed by atoms with Crippen LogP contribution in [0.2, 0.25) is 0 Å². The zero-order chi connectivity index (χ0) is 24.4. The highest BCUT2D eigenvalue weighted by Gasteiger charge is 2.63. The fraction of sp³-hybridized carbons (Fsp3) is 0.733. The third-order valence-corrected chi connectivity index (χ3v) is 11.1. The van der Waals surface area contributed by atoms with E-state index in [0.717, 1.165) is 32.1 Å². The van der Waals surface area contributed by atoms with Crippen molar-refractivity contribution < 1.29 is 14.7 Å². The van der Waals surface area contributed by atoms with Gasteiger partial charge in [-0.3, -0.25) is 4.79 Å². The fourth-order valence-corrected chi connectivity index (χ4v) is 8.61. The lowest BCUT2D eigenvalue weighted by atomic mass is 9.44. The molecule has 4 aliphatic rings. The van der Waals surface area contributed by atoms with Gasteiger partial charge in [-0.25, -0.2) is 4.79 Å². The molecule has 0 bridgehead atoms. The number of carboxylic acid groups (broad SMARTS) is 1. The van der Waals surface area contributed by atoms with Crippen molar-refractivity contribution in [1.29, 1.82) is 0 Å². The zero-order valence-electron chi connectivity index (χ0n) is 21.9. The highest BCUT2D eigenvalue weighted by Crippen LogP contribution is 2.71. The molecule has 1 N–H and O–H groups in total. The Morgan fingerprint density at radius 1 is 1.15 bits per heavy atom. The maximum absolute atomic E-state index is 12.8. The molecule has 0 aromatic rings. The van der Waals surface area contributed by atoms with Crippen LogP contribution in [-0.4, -0.2) is 16.9 Å². The second kappa shape index (κ2) is 7.95. The number of carboxylic acids is 1. The van der Waals surface area contributed by atoms with Gasteiger partial charge in [0.15, 0.2) is 0 Å². The normalized spacial score (nSPS) is 40.8. The summed E-state index contributed by atoms with van der Waals surface area (Å²) in [6.45, 7) is 15.9. The minimum Gasteiger partial charge on any atom is -0.478 e. The number of hydrogen-bond donors (Lipinski definition) is 1. The minimum absolute atomic E-state index is 0.106. The first-order chi connectivity index (χ1) is 15.3. The van der Waals surface area contributed by atoms with Crippen molar-refractivity contribution in [1.82, 2.24) is 0 Å². The summed E-state index contributed by atoms with van der Waals surface area (Å²) in [4.78, 5) is 23.9. The standard InChI is InChI=1S/C30H44O3/c1-19(9-8-10-20(2)26(32)33)21-13-17-30(7)23-11-12-24-27(3,4)25(31)15-16-28(24,5)22(23)14-18-29(21,30)6/h10-11,14,19,21,24H,8-9,12-13,15-18H2,1-7H3,(H,32,33)/b20-10+/t19-,21-,24-,28-,29-,30+/m1/s1. The topological polar surface area (TPSA) is 54.4 Å². The van der Waals surface area contributed by atoms with Crippen LogP contribution in [0.25, 0.3) is 0 Å². The minimum atomic E-state index is -0.809. The van der Waals surface area contributed by atoms with E-state index < -0.39 is 5.97 Å². The van der Waals surface area contributed by atoms with E-state index in [2.05, 4.69) is 53.7 Å². The molecule has 0 aromatic heterocycles.